The molecule has 2 atom stereocenters. The monoisotopic (exact) mass is 286 g/mol. The minimum atomic E-state index is -0.234. The Hall–Kier alpha value is -2.21. The number of aryl methyl sites for hydroxylation is 1. The number of para-hydroxylation sites is 2. The van der Waals surface area contributed by atoms with Crippen molar-refractivity contribution in [3.8, 4) is 0 Å². The Kier molecular flexibility index (Phi) is 3.70. The SMILES string of the molecule is N[C@@H]1CC[C@@H]1NC(=O)CCc1nc2ccccc2[nH]c1=O. The van der Waals surface area contributed by atoms with Gasteiger partial charge in [0, 0.05) is 24.9 Å². The molecule has 0 aliphatic heterocycles. The fourth-order valence-corrected chi connectivity index (χ4v) is 2.45. The van der Waals surface area contributed by atoms with Gasteiger partial charge in [-0.25, -0.2) is 4.98 Å². The van der Waals surface area contributed by atoms with E-state index in [-0.39, 0.29) is 30.0 Å². The molecule has 1 aliphatic carbocycles. The molecule has 0 bridgehead atoms. The Labute approximate surface area is 121 Å². The van der Waals surface area contributed by atoms with E-state index in [4.69, 9.17) is 5.73 Å². The summed E-state index contributed by atoms with van der Waals surface area (Å²) in [7, 11) is 0. The number of nitrogens with one attached hydrogen (secondary N) is 2. The fourth-order valence-electron chi connectivity index (χ4n) is 2.45. The van der Waals surface area contributed by atoms with Crippen LogP contribution in [-0.2, 0) is 11.2 Å². The average Bonchev–Trinajstić information content (AvgIpc) is 2.49. The largest absolute Gasteiger partial charge is 0.352 e. The number of hydrogen-bond acceptors (Lipinski definition) is 4. The number of nitrogens with two attached hydrogens (primary N) is 1. The zero-order valence-electron chi connectivity index (χ0n) is 11.6. The molecule has 1 aromatic carbocycles. The maximum atomic E-state index is 11.9. The van der Waals surface area contributed by atoms with Crippen molar-refractivity contribution in [3.05, 3.63) is 40.3 Å². The van der Waals surface area contributed by atoms with E-state index in [1.54, 1.807) is 6.07 Å². The number of benzene rings is 1. The topological polar surface area (TPSA) is 101 Å². The van der Waals surface area contributed by atoms with E-state index in [1.165, 1.54) is 0 Å². The molecule has 3 rings (SSSR count). The van der Waals surface area contributed by atoms with Crippen molar-refractivity contribution in [2.24, 2.45) is 5.73 Å². The number of aromatic nitrogens is 2. The normalized spacial score (nSPS) is 21.0. The standard InChI is InChI=1S/C15H18N4O2/c16-9-5-6-10(9)18-14(20)8-7-13-15(21)19-12-4-2-1-3-11(12)17-13/h1-4,9-10H,5-8,16H2,(H,18,20)(H,19,21)/t9-,10+/m1/s1. The molecule has 110 valence electrons. The number of amides is 1. The summed E-state index contributed by atoms with van der Waals surface area (Å²) in [5, 5.41) is 2.89. The highest BCUT2D eigenvalue weighted by Gasteiger charge is 2.28. The number of nitrogens with zero attached hydrogens (tertiary/aromatic N) is 1. The van der Waals surface area contributed by atoms with Gasteiger partial charge < -0.3 is 16.0 Å². The number of carbonyl (C=O) groups is 1. The predicted octanol–water partition coefficient (Wildman–Crippen LogP) is 0.462. The Morgan fingerprint density at radius 1 is 1.38 bits per heavy atom. The lowest BCUT2D eigenvalue weighted by molar-refractivity contribution is -0.122. The average molecular weight is 286 g/mol. The third-order valence-electron chi connectivity index (χ3n) is 3.93. The molecule has 4 N–H and O–H groups in total. The summed E-state index contributed by atoms with van der Waals surface area (Å²) < 4.78 is 0. The Morgan fingerprint density at radius 3 is 2.90 bits per heavy atom. The Bertz CT molecular complexity index is 725. The van der Waals surface area contributed by atoms with Crippen molar-refractivity contribution in [2.45, 2.75) is 37.8 Å². The molecular formula is C15H18N4O2. The van der Waals surface area contributed by atoms with Crippen molar-refractivity contribution in [1.29, 1.82) is 0 Å². The number of rotatable bonds is 4. The molecule has 2 aromatic rings. The van der Waals surface area contributed by atoms with Crippen molar-refractivity contribution in [3.63, 3.8) is 0 Å². The van der Waals surface area contributed by atoms with Crippen molar-refractivity contribution < 1.29 is 4.79 Å². The minimum Gasteiger partial charge on any atom is -0.352 e. The predicted molar refractivity (Wildman–Crippen MR) is 79.8 cm³/mol. The van der Waals surface area contributed by atoms with Gasteiger partial charge in [-0.3, -0.25) is 9.59 Å². The first-order valence-corrected chi connectivity index (χ1v) is 7.16. The first-order valence-electron chi connectivity index (χ1n) is 7.16. The van der Waals surface area contributed by atoms with Crippen LogP contribution in [0.4, 0.5) is 0 Å². The summed E-state index contributed by atoms with van der Waals surface area (Å²) in [5.74, 6) is -0.0792. The number of hydrogen-bond donors (Lipinski definition) is 3. The van der Waals surface area contributed by atoms with Crippen molar-refractivity contribution in [1.82, 2.24) is 15.3 Å². The second kappa shape index (κ2) is 5.65. The van der Waals surface area contributed by atoms with Gasteiger partial charge in [-0.1, -0.05) is 12.1 Å². The maximum Gasteiger partial charge on any atom is 0.270 e. The molecule has 0 saturated heterocycles. The first kappa shape index (κ1) is 13.8. The smallest absolute Gasteiger partial charge is 0.270 e. The number of fused-ring (bicyclic) bond motifs is 1. The lowest BCUT2D eigenvalue weighted by Crippen LogP contribution is -2.54. The molecule has 21 heavy (non-hydrogen) atoms. The minimum absolute atomic E-state index is 0.0659. The first-order chi connectivity index (χ1) is 10.1. The van der Waals surface area contributed by atoms with Gasteiger partial charge >= 0.3 is 0 Å². The Balaban J connectivity index is 1.66. The fraction of sp³-hybridized carbons (Fsp3) is 0.400. The van der Waals surface area contributed by atoms with Crippen LogP contribution < -0.4 is 16.6 Å². The van der Waals surface area contributed by atoms with Crippen LogP contribution in [0.5, 0.6) is 0 Å². The molecule has 1 aliphatic rings. The number of aromatic amines is 1. The number of carbonyl (C=O) groups excluding carboxylic acids is 1. The van der Waals surface area contributed by atoms with E-state index in [1.807, 2.05) is 18.2 Å². The van der Waals surface area contributed by atoms with Crippen molar-refractivity contribution >= 4 is 16.9 Å². The molecule has 0 spiro atoms. The van der Waals surface area contributed by atoms with E-state index >= 15 is 0 Å². The van der Waals surface area contributed by atoms with E-state index in [2.05, 4.69) is 15.3 Å². The second-order valence-electron chi connectivity index (χ2n) is 5.44. The van der Waals surface area contributed by atoms with Gasteiger partial charge in [0.25, 0.3) is 5.56 Å². The second-order valence-corrected chi connectivity index (χ2v) is 5.44. The van der Waals surface area contributed by atoms with Crippen LogP contribution in [0.3, 0.4) is 0 Å². The highest BCUT2D eigenvalue weighted by Crippen LogP contribution is 2.17. The molecule has 1 amide bonds. The summed E-state index contributed by atoms with van der Waals surface area (Å²) in [5.41, 5.74) is 7.37. The highest BCUT2D eigenvalue weighted by molar-refractivity contribution is 5.77. The zero-order valence-corrected chi connectivity index (χ0v) is 11.6. The summed E-state index contributed by atoms with van der Waals surface area (Å²) >= 11 is 0. The number of H-pyrrole nitrogens is 1. The summed E-state index contributed by atoms with van der Waals surface area (Å²) in [4.78, 5) is 30.9. The van der Waals surface area contributed by atoms with Crippen LogP contribution in [0, 0.1) is 0 Å². The van der Waals surface area contributed by atoms with Gasteiger partial charge in [0.2, 0.25) is 5.91 Å². The van der Waals surface area contributed by atoms with E-state index < -0.39 is 0 Å². The van der Waals surface area contributed by atoms with Gasteiger partial charge in [-0.05, 0) is 25.0 Å². The molecule has 1 heterocycles. The van der Waals surface area contributed by atoms with E-state index in [9.17, 15) is 9.59 Å². The molecule has 0 unspecified atom stereocenters. The van der Waals surface area contributed by atoms with Gasteiger partial charge in [0.15, 0.2) is 0 Å². The summed E-state index contributed by atoms with van der Waals surface area (Å²) in [6.07, 6.45) is 2.46. The van der Waals surface area contributed by atoms with Crippen molar-refractivity contribution in [2.75, 3.05) is 0 Å². The lowest BCUT2D eigenvalue weighted by atomic mass is 9.87. The van der Waals surface area contributed by atoms with Gasteiger partial charge in [-0.2, -0.15) is 0 Å². The van der Waals surface area contributed by atoms with Crippen LogP contribution in [0.25, 0.3) is 11.0 Å². The summed E-state index contributed by atoms with van der Waals surface area (Å²) in [6.45, 7) is 0. The molecule has 0 radical (unpaired) electrons. The van der Waals surface area contributed by atoms with Crippen LogP contribution >= 0.6 is 0 Å². The molecule has 1 fully saturated rings. The maximum absolute atomic E-state index is 11.9. The summed E-state index contributed by atoms with van der Waals surface area (Å²) in [6, 6.07) is 7.49. The van der Waals surface area contributed by atoms with Crippen LogP contribution in [-0.4, -0.2) is 28.0 Å². The van der Waals surface area contributed by atoms with Gasteiger partial charge in [0.05, 0.1) is 11.0 Å². The molecule has 6 nitrogen and oxygen atoms in total. The third kappa shape index (κ3) is 2.95. The van der Waals surface area contributed by atoms with Crippen LogP contribution in [0.1, 0.15) is 25.0 Å². The van der Waals surface area contributed by atoms with Crippen LogP contribution in [0.15, 0.2) is 29.1 Å². The lowest BCUT2D eigenvalue weighted by Gasteiger charge is -2.34. The zero-order chi connectivity index (χ0) is 14.8. The quantitative estimate of drug-likeness (QED) is 0.760. The van der Waals surface area contributed by atoms with Crippen LogP contribution in [0.2, 0.25) is 0 Å². The molecule has 6 heteroatoms. The highest BCUT2D eigenvalue weighted by atomic mass is 16.1. The molecular weight excluding hydrogens is 268 g/mol. The molecule has 1 aromatic heterocycles. The Morgan fingerprint density at radius 2 is 2.19 bits per heavy atom. The third-order valence-corrected chi connectivity index (χ3v) is 3.93. The molecule has 1 saturated carbocycles. The van der Waals surface area contributed by atoms with E-state index in [0.29, 0.717) is 17.6 Å². The van der Waals surface area contributed by atoms with Gasteiger partial charge in [-0.15, -0.1) is 0 Å². The van der Waals surface area contributed by atoms with Gasteiger partial charge in [0.1, 0.15) is 5.69 Å². The van der Waals surface area contributed by atoms with E-state index in [0.717, 1.165) is 18.4 Å².